The van der Waals surface area contributed by atoms with Crippen LogP contribution in [0.5, 0.6) is 0 Å². The van der Waals surface area contributed by atoms with Crippen LogP contribution in [-0.2, 0) is 11.2 Å². The average Bonchev–Trinajstić information content (AvgIpc) is 3.09. The Labute approximate surface area is 169 Å². The largest absolute Gasteiger partial charge is 0.326 e. The molecule has 8 heteroatoms. The van der Waals surface area contributed by atoms with E-state index in [9.17, 15) is 9.59 Å². The number of aromatic nitrogens is 1. The lowest BCUT2D eigenvalue weighted by molar-refractivity contribution is -0.115. The van der Waals surface area contributed by atoms with Crippen molar-refractivity contribution in [3.63, 3.8) is 0 Å². The molecule has 0 saturated carbocycles. The Balaban J connectivity index is 1.49. The fourth-order valence-electron chi connectivity index (χ4n) is 2.95. The number of rotatable bonds is 5. The smallest absolute Gasteiger partial charge is 0.323 e. The van der Waals surface area contributed by atoms with Crippen LogP contribution in [0, 0.1) is 0 Å². The summed E-state index contributed by atoms with van der Waals surface area (Å²) >= 11 is 1.34. The number of urea groups is 1. The molecule has 0 bridgehead atoms. The number of amides is 3. The number of nitrogens with zero attached hydrogens (tertiary/aromatic N) is 3. The highest BCUT2D eigenvalue weighted by Crippen LogP contribution is 2.19. The first-order valence-corrected chi connectivity index (χ1v) is 10.4. The lowest BCUT2D eigenvalue weighted by Crippen LogP contribution is -2.48. The second-order valence-corrected chi connectivity index (χ2v) is 8.22. The second kappa shape index (κ2) is 9.16. The molecule has 2 heterocycles. The van der Waals surface area contributed by atoms with Crippen LogP contribution in [0.2, 0.25) is 0 Å². The van der Waals surface area contributed by atoms with Gasteiger partial charge in [0.2, 0.25) is 5.91 Å². The topological polar surface area (TPSA) is 77.6 Å². The van der Waals surface area contributed by atoms with Crippen LogP contribution in [0.15, 0.2) is 29.6 Å². The van der Waals surface area contributed by atoms with Crippen LogP contribution < -0.4 is 10.6 Å². The average molecular weight is 402 g/mol. The van der Waals surface area contributed by atoms with Gasteiger partial charge in [0.15, 0.2) is 5.13 Å². The predicted octanol–water partition coefficient (Wildman–Crippen LogP) is 3.23. The van der Waals surface area contributed by atoms with Gasteiger partial charge < -0.3 is 15.1 Å². The highest BCUT2D eigenvalue weighted by molar-refractivity contribution is 7.13. The molecule has 0 radical (unpaired) electrons. The Morgan fingerprint density at radius 3 is 2.43 bits per heavy atom. The summed E-state index contributed by atoms with van der Waals surface area (Å²) in [5, 5.41) is 8.05. The Morgan fingerprint density at radius 2 is 1.79 bits per heavy atom. The first kappa shape index (κ1) is 20.3. The van der Waals surface area contributed by atoms with E-state index >= 15 is 0 Å². The summed E-state index contributed by atoms with van der Waals surface area (Å²) in [4.78, 5) is 32.9. The molecule has 1 saturated heterocycles. The van der Waals surface area contributed by atoms with Crippen LogP contribution >= 0.6 is 11.3 Å². The molecule has 7 nitrogen and oxygen atoms in total. The number of carbonyl (C=O) groups excluding carboxylic acids is 2. The second-order valence-electron chi connectivity index (χ2n) is 7.37. The first-order valence-electron chi connectivity index (χ1n) is 9.49. The fraction of sp³-hybridized carbons (Fsp3) is 0.450. The number of carbonyl (C=O) groups is 2. The predicted molar refractivity (Wildman–Crippen MR) is 113 cm³/mol. The number of piperazine rings is 1. The third-order valence-electron chi connectivity index (χ3n) is 4.76. The zero-order valence-electron chi connectivity index (χ0n) is 16.6. The molecule has 1 aliphatic rings. The van der Waals surface area contributed by atoms with E-state index < -0.39 is 0 Å². The van der Waals surface area contributed by atoms with Gasteiger partial charge in [-0.25, -0.2) is 9.78 Å². The van der Waals surface area contributed by atoms with E-state index in [0.29, 0.717) is 29.8 Å². The molecule has 0 spiro atoms. The van der Waals surface area contributed by atoms with Crippen LogP contribution in [0.4, 0.5) is 15.6 Å². The van der Waals surface area contributed by atoms with Gasteiger partial charge in [0.25, 0.3) is 0 Å². The van der Waals surface area contributed by atoms with Crippen molar-refractivity contribution in [2.24, 2.45) is 0 Å². The van der Waals surface area contributed by atoms with E-state index in [-0.39, 0.29) is 18.4 Å². The van der Waals surface area contributed by atoms with Crippen molar-refractivity contribution in [2.75, 3.05) is 43.9 Å². The van der Waals surface area contributed by atoms with E-state index in [1.165, 1.54) is 16.9 Å². The van der Waals surface area contributed by atoms with Gasteiger partial charge in [0, 0.05) is 37.2 Å². The Bertz CT molecular complexity index is 810. The number of likely N-dealkylation sites (N-methyl/N-ethyl adjacent to an activating group) is 1. The van der Waals surface area contributed by atoms with Crippen LogP contribution in [-0.4, -0.2) is 59.9 Å². The molecule has 0 atom stereocenters. The summed E-state index contributed by atoms with van der Waals surface area (Å²) in [6, 6.07) is 7.74. The van der Waals surface area contributed by atoms with Crippen LogP contribution in [0.25, 0.3) is 0 Å². The van der Waals surface area contributed by atoms with Crippen molar-refractivity contribution < 1.29 is 9.59 Å². The summed E-state index contributed by atoms with van der Waals surface area (Å²) in [7, 11) is 2.05. The van der Waals surface area contributed by atoms with Gasteiger partial charge in [-0.1, -0.05) is 26.0 Å². The molecule has 3 amide bonds. The van der Waals surface area contributed by atoms with Gasteiger partial charge in [-0.05, 0) is 30.7 Å². The van der Waals surface area contributed by atoms with E-state index in [4.69, 9.17) is 0 Å². The minimum Gasteiger partial charge on any atom is -0.326 e. The summed E-state index contributed by atoms with van der Waals surface area (Å²) in [5.41, 5.74) is 2.65. The summed E-state index contributed by atoms with van der Waals surface area (Å²) in [6.07, 6.45) is 0.173. The summed E-state index contributed by atoms with van der Waals surface area (Å²) < 4.78 is 0. The summed E-state index contributed by atoms with van der Waals surface area (Å²) in [6.45, 7) is 7.42. The molecule has 1 aromatic heterocycles. The maximum Gasteiger partial charge on any atom is 0.323 e. The lowest BCUT2D eigenvalue weighted by Gasteiger charge is -2.32. The minimum atomic E-state index is -0.135. The van der Waals surface area contributed by atoms with E-state index in [0.717, 1.165) is 18.8 Å². The molecule has 28 heavy (non-hydrogen) atoms. The lowest BCUT2D eigenvalue weighted by atomic mass is 10.0. The first-order chi connectivity index (χ1) is 13.4. The Hall–Kier alpha value is -2.45. The molecule has 1 aromatic carbocycles. The molecule has 1 fully saturated rings. The maximum absolute atomic E-state index is 12.3. The van der Waals surface area contributed by atoms with Crippen molar-refractivity contribution in [2.45, 2.75) is 26.2 Å². The minimum absolute atomic E-state index is 0.125. The standard InChI is InChI=1S/C20H27N5O2S/c1-14(2)15-4-6-16(7-5-15)21-18(26)12-17-13-28-19(22-17)23-20(27)25-10-8-24(3)9-11-25/h4-7,13-14H,8-12H2,1-3H3,(H,21,26)(H,22,23,27). The number of benzene rings is 1. The van der Waals surface area contributed by atoms with Crippen LogP contribution in [0.3, 0.4) is 0 Å². The molecule has 3 rings (SSSR count). The monoisotopic (exact) mass is 401 g/mol. The van der Waals surface area contributed by atoms with Gasteiger partial charge >= 0.3 is 6.03 Å². The zero-order chi connectivity index (χ0) is 20.1. The van der Waals surface area contributed by atoms with Crippen LogP contribution in [0.1, 0.15) is 31.0 Å². The number of hydrogen-bond acceptors (Lipinski definition) is 5. The molecular weight excluding hydrogens is 374 g/mol. The Kier molecular flexibility index (Phi) is 6.64. The number of anilines is 2. The van der Waals surface area contributed by atoms with E-state index in [1.54, 1.807) is 10.3 Å². The van der Waals surface area contributed by atoms with Crippen molar-refractivity contribution in [1.82, 2.24) is 14.8 Å². The third-order valence-corrected chi connectivity index (χ3v) is 5.57. The molecule has 0 aliphatic carbocycles. The zero-order valence-corrected chi connectivity index (χ0v) is 17.4. The van der Waals surface area contributed by atoms with Gasteiger partial charge in [-0.15, -0.1) is 11.3 Å². The number of hydrogen-bond donors (Lipinski definition) is 2. The third kappa shape index (κ3) is 5.53. The fourth-order valence-corrected chi connectivity index (χ4v) is 3.65. The van der Waals surface area contributed by atoms with Gasteiger partial charge in [-0.3, -0.25) is 10.1 Å². The highest BCUT2D eigenvalue weighted by Gasteiger charge is 2.20. The Morgan fingerprint density at radius 1 is 1.11 bits per heavy atom. The summed E-state index contributed by atoms with van der Waals surface area (Å²) in [5.74, 6) is 0.332. The van der Waals surface area contributed by atoms with Crippen molar-refractivity contribution in [3.05, 3.63) is 40.9 Å². The van der Waals surface area contributed by atoms with E-state index in [2.05, 4.69) is 34.4 Å². The molecule has 2 aromatic rings. The van der Waals surface area contributed by atoms with E-state index in [1.807, 2.05) is 31.3 Å². The van der Waals surface area contributed by atoms with Crippen molar-refractivity contribution >= 4 is 34.1 Å². The SMILES string of the molecule is CC(C)c1ccc(NC(=O)Cc2csc(NC(=O)N3CCN(C)CC3)n2)cc1. The molecule has 1 aliphatic heterocycles. The van der Waals surface area contributed by atoms with Gasteiger partial charge in [-0.2, -0.15) is 0 Å². The molecule has 150 valence electrons. The van der Waals surface area contributed by atoms with Crippen molar-refractivity contribution in [3.8, 4) is 0 Å². The molecular formula is C20H27N5O2S. The number of nitrogens with one attached hydrogen (secondary N) is 2. The molecule has 0 unspecified atom stereocenters. The quantitative estimate of drug-likeness (QED) is 0.806. The number of thiazole rings is 1. The molecule has 2 N–H and O–H groups in total. The van der Waals surface area contributed by atoms with Gasteiger partial charge in [0.1, 0.15) is 0 Å². The maximum atomic E-state index is 12.3. The van der Waals surface area contributed by atoms with Gasteiger partial charge in [0.05, 0.1) is 12.1 Å². The van der Waals surface area contributed by atoms with Crippen molar-refractivity contribution in [1.29, 1.82) is 0 Å². The highest BCUT2D eigenvalue weighted by atomic mass is 32.1. The normalized spacial score (nSPS) is 14.9.